The summed E-state index contributed by atoms with van der Waals surface area (Å²) < 4.78 is 0. The normalized spacial score (nSPS) is 8.45. The van der Waals surface area contributed by atoms with E-state index < -0.39 is 27.7 Å². The first-order chi connectivity index (χ1) is 14.8. The maximum Gasteiger partial charge on any atom is 0.336 e. The van der Waals surface area contributed by atoms with Crippen LogP contribution in [0.3, 0.4) is 0 Å². The van der Waals surface area contributed by atoms with E-state index in [1.807, 2.05) is 0 Å². The molecule has 0 saturated heterocycles. The van der Waals surface area contributed by atoms with Crippen LogP contribution in [0.15, 0.2) is 48.5 Å². The van der Waals surface area contributed by atoms with E-state index in [0.29, 0.717) is 5.56 Å². The predicted octanol–water partition coefficient (Wildman–Crippen LogP) is 3.23. The number of carbonyl (C=O) groups excluding carboxylic acids is 1. The predicted molar refractivity (Wildman–Crippen MR) is 110 cm³/mol. The number of nitro groups is 2. The van der Waals surface area contributed by atoms with Crippen molar-refractivity contribution in [2.24, 2.45) is 0 Å². The van der Waals surface area contributed by atoms with Crippen LogP contribution in [0.1, 0.15) is 36.6 Å². The number of carboxylic acids is 2. The number of hydrogen-bond acceptors (Lipinski definition) is 8. The second-order valence-corrected chi connectivity index (χ2v) is 5.31. The van der Waals surface area contributed by atoms with Crippen molar-refractivity contribution in [3.8, 4) is 0 Å². The summed E-state index contributed by atoms with van der Waals surface area (Å²) in [5.41, 5.74) is 7.24. The van der Waals surface area contributed by atoms with Crippen molar-refractivity contribution in [2.75, 3.05) is 14.1 Å². The molecule has 0 spiro atoms. The zero-order valence-corrected chi connectivity index (χ0v) is 20.3. The number of benzene rings is 2. The van der Waals surface area contributed by atoms with Gasteiger partial charge in [-0.15, -0.1) is 0 Å². The molecule has 0 atom stereocenters. The molecule has 0 aliphatic carbocycles. The van der Waals surface area contributed by atoms with Crippen molar-refractivity contribution < 1.29 is 72.0 Å². The van der Waals surface area contributed by atoms with Gasteiger partial charge in [-0.2, -0.15) is 0 Å². The number of carbonyl (C=O) groups is 3. The first-order valence-corrected chi connectivity index (χ1v) is 8.19. The molecule has 2 aromatic carbocycles. The molecule has 0 aliphatic rings. The molecule has 0 aromatic heterocycles. The van der Waals surface area contributed by atoms with Gasteiger partial charge in [-0.1, -0.05) is 36.4 Å². The molecule has 0 aliphatic heterocycles. The summed E-state index contributed by atoms with van der Waals surface area (Å²) in [5, 5.41) is 34.9. The van der Waals surface area contributed by atoms with E-state index in [4.69, 9.17) is 42.1 Å². The number of aromatic carboxylic acids is 2. The zero-order valence-electron chi connectivity index (χ0n) is 17.5. The van der Waals surface area contributed by atoms with Gasteiger partial charge in [0.15, 0.2) is 14.1 Å². The fourth-order valence-electron chi connectivity index (χ4n) is 1.80. The van der Waals surface area contributed by atoms with Crippen molar-refractivity contribution in [1.29, 1.82) is 0 Å². The Bertz CT molecular complexity index is 887. The third kappa shape index (κ3) is 18.0. The van der Waals surface area contributed by atoms with Crippen LogP contribution in [0.5, 0.6) is 0 Å². The molecule has 0 unspecified atom stereocenters. The Morgan fingerprint density at radius 2 is 1.18 bits per heavy atom. The summed E-state index contributed by atoms with van der Waals surface area (Å²) in [6.07, 6.45) is 0. The van der Waals surface area contributed by atoms with Crippen LogP contribution in [-0.2, 0) is 44.2 Å². The SMILES string of the molecule is C[N+](=O)[O-].C[N+](=O)[O-].[NH-]C(=O)c1ccccc1C(=O)O.[NH-]OCc1ccccc1C(=O)O.[Y]. The fourth-order valence-corrected chi connectivity index (χ4v) is 1.80. The quantitative estimate of drug-likeness (QED) is 0.414. The molecule has 0 heterocycles. The van der Waals surface area contributed by atoms with Crippen LogP contribution < -0.4 is 0 Å². The van der Waals surface area contributed by atoms with Gasteiger partial charge in [0.05, 0.1) is 23.6 Å². The summed E-state index contributed by atoms with van der Waals surface area (Å²) in [5.74, 6) is 3.32. The van der Waals surface area contributed by atoms with Gasteiger partial charge in [0.2, 0.25) is 0 Å². The van der Waals surface area contributed by atoms with Gasteiger partial charge >= 0.3 is 11.9 Å². The van der Waals surface area contributed by atoms with Gasteiger partial charge in [0.25, 0.3) is 0 Å². The largest absolute Gasteiger partial charge is 0.664 e. The molecule has 2 rings (SSSR count). The maximum absolute atomic E-state index is 10.6. The second-order valence-electron chi connectivity index (χ2n) is 5.31. The van der Waals surface area contributed by atoms with Crippen LogP contribution in [0.4, 0.5) is 0 Å². The van der Waals surface area contributed by atoms with Gasteiger partial charge in [0, 0.05) is 48.1 Å². The third-order valence-corrected chi connectivity index (χ3v) is 2.88. The van der Waals surface area contributed by atoms with Gasteiger partial charge < -0.3 is 31.5 Å². The van der Waals surface area contributed by atoms with E-state index in [1.165, 1.54) is 30.3 Å². The van der Waals surface area contributed by atoms with Gasteiger partial charge in [0.1, 0.15) is 0 Å². The van der Waals surface area contributed by atoms with Gasteiger partial charge in [-0.3, -0.25) is 20.2 Å². The summed E-state index contributed by atoms with van der Waals surface area (Å²) in [4.78, 5) is 52.4. The summed E-state index contributed by atoms with van der Waals surface area (Å²) >= 11 is 0. The molecule has 0 saturated carbocycles. The minimum Gasteiger partial charge on any atom is -0.664 e. The van der Waals surface area contributed by atoms with Crippen molar-refractivity contribution in [3.63, 3.8) is 0 Å². The molecule has 177 valence electrons. The Hall–Kier alpha value is -3.33. The Morgan fingerprint density at radius 1 is 0.848 bits per heavy atom. The average Bonchev–Trinajstić information content (AvgIpc) is 2.68. The number of hydrogen-bond donors (Lipinski definition) is 2. The Morgan fingerprint density at radius 3 is 1.48 bits per heavy atom. The zero-order chi connectivity index (χ0) is 25.3. The van der Waals surface area contributed by atoms with Crippen molar-refractivity contribution >= 4 is 17.8 Å². The van der Waals surface area contributed by atoms with E-state index in [-0.39, 0.29) is 56.0 Å². The minimum absolute atomic E-state index is 0. The molecule has 4 N–H and O–H groups in total. The minimum atomic E-state index is -1.19. The van der Waals surface area contributed by atoms with Crippen LogP contribution in [0.25, 0.3) is 11.6 Å². The van der Waals surface area contributed by atoms with Crippen molar-refractivity contribution in [1.82, 2.24) is 0 Å². The molecular formula is C18H20N4O10Y-2. The van der Waals surface area contributed by atoms with E-state index >= 15 is 0 Å². The Labute approximate surface area is 212 Å². The standard InChI is InChI=1S/C8H8NO3.C8H7NO3.2CH3NO2.Y/c9-12-5-6-3-1-2-4-7(6)8(10)11;9-7(10)5-3-1-2-4-6(5)8(11)12;2*1-2(3)4;/h1-4,9H,5H2,(H,10,11);1-4H,(H3,9,10,11,12);2*1H3;/q-1;;;;/p-1. The first kappa shape index (κ1) is 34.3. The van der Waals surface area contributed by atoms with Crippen LogP contribution >= 0.6 is 0 Å². The molecule has 0 bridgehead atoms. The van der Waals surface area contributed by atoms with Crippen molar-refractivity contribution in [3.05, 3.63) is 103 Å². The molecule has 2 aromatic rings. The van der Waals surface area contributed by atoms with E-state index in [1.54, 1.807) is 18.2 Å². The molecule has 33 heavy (non-hydrogen) atoms. The second kappa shape index (κ2) is 19.4. The fraction of sp³-hybridized carbons (Fsp3) is 0.167. The molecule has 15 heteroatoms. The number of carboxylic acid groups (broad SMARTS) is 2. The number of amides is 1. The van der Waals surface area contributed by atoms with E-state index in [9.17, 15) is 14.4 Å². The number of nitrogens with zero attached hydrogens (tertiary/aromatic N) is 2. The van der Waals surface area contributed by atoms with Crippen LogP contribution in [0.2, 0.25) is 0 Å². The molecular weight excluding hydrogens is 521 g/mol. The van der Waals surface area contributed by atoms with E-state index in [2.05, 4.69) is 4.84 Å². The monoisotopic (exact) mass is 541 g/mol. The summed E-state index contributed by atoms with van der Waals surface area (Å²) in [6, 6.07) is 12.1. The van der Waals surface area contributed by atoms with Crippen LogP contribution in [0, 0.1) is 20.2 Å². The smallest absolute Gasteiger partial charge is 0.336 e. The molecule has 1 amide bonds. The average molecular weight is 541 g/mol. The maximum atomic E-state index is 10.6. The van der Waals surface area contributed by atoms with Gasteiger partial charge in [-0.25, -0.2) is 9.59 Å². The van der Waals surface area contributed by atoms with Gasteiger partial charge in [-0.05, 0) is 17.7 Å². The Balaban J connectivity index is -0.000000405. The van der Waals surface area contributed by atoms with Crippen molar-refractivity contribution in [2.45, 2.75) is 6.61 Å². The molecule has 14 nitrogen and oxygen atoms in total. The van der Waals surface area contributed by atoms with E-state index in [0.717, 1.165) is 14.1 Å². The molecule has 1 radical (unpaired) electrons. The summed E-state index contributed by atoms with van der Waals surface area (Å²) in [7, 11) is 1.78. The third-order valence-electron chi connectivity index (χ3n) is 2.88. The topological polar surface area (TPSA) is 235 Å². The number of nitrogens with one attached hydrogen (secondary N) is 2. The first-order valence-electron chi connectivity index (χ1n) is 8.19. The number of rotatable bonds is 5. The molecule has 0 fully saturated rings. The summed E-state index contributed by atoms with van der Waals surface area (Å²) in [6.45, 7) is 0.00245. The Kier molecular flexibility index (Phi) is 20.1. The van der Waals surface area contributed by atoms with Crippen LogP contribution in [-0.4, -0.2) is 52.0 Å².